The van der Waals surface area contributed by atoms with Crippen LogP contribution in [0.4, 0.5) is 0 Å². The minimum atomic E-state index is 0.0551. The molecule has 0 radical (unpaired) electrons. The molecule has 0 spiro atoms. The van der Waals surface area contributed by atoms with Crippen LogP contribution in [0, 0.1) is 0 Å². The summed E-state index contributed by atoms with van der Waals surface area (Å²) < 4.78 is 2.00. The molecule has 0 aliphatic carbocycles. The summed E-state index contributed by atoms with van der Waals surface area (Å²) in [4.78, 5) is 4.09. The van der Waals surface area contributed by atoms with Gasteiger partial charge in [0.15, 0.2) is 0 Å². The highest BCUT2D eigenvalue weighted by Gasteiger charge is 2.21. The van der Waals surface area contributed by atoms with Gasteiger partial charge >= 0.3 is 0 Å². The van der Waals surface area contributed by atoms with Gasteiger partial charge in [0.25, 0.3) is 0 Å². The number of rotatable bonds is 7. The average Bonchev–Trinajstić information content (AvgIpc) is 2.83. The molecule has 1 N–H and O–H groups in total. The molecule has 0 aliphatic rings. The van der Waals surface area contributed by atoms with E-state index in [4.69, 9.17) is 11.6 Å². The van der Waals surface area contributed by atoms with Gasteiger partial charge in [-0.15, -0.1) is 0 Å². The molecule has 1 atom stereocenters. The molecule has 0 aromatic carbocycles. The van der Waals surface area contributed by atoms with Crippen LogP contribution in [-0.4, -0.2) is 21.3 Å². The molecule has 2 aromatic heterocycles. The van der Waals surface area contributed by atoms with Crippen LogP contribution >= 0.6 is 11.6 Å². The third-order valence-corrected chi connectivity index (χ3v) is 3.47. The molecule has 0 fully saturated rings. The zero-order chi connectivity index (χ0) is 14.4. The van der Waals surface area contributed by atoms with E-state index < -0.39 is 0 Å². The highest BCUT2D eigenvalue weighted by Crippen LogP contribution is 2.28. The molecule has 2 aromatic rings. The maximum atomic E-state index is 6.37. The van der Waals surface area contributed by atoms with Crippen molar-refractivity contribution in [2.75, 3.05) is 6.54 Å². The first-order valence-corrected chi connectivity index (χ1v) is 7.50. The summed E-state index contributed by atoms with van der Waals surface area (Å²) in [6, 6.07) is 4.10. The molecule has 2 rings (SSSR count). The van der Waals surface area contributed by atoms with E-state index in [-0.39, 0.29) is 6.04 Å². The number of aromatic nitrogens is 3. The van der Waals surface area contributed by atoms with Crippen molar-refractivity contribution >= 4 is 11.6 Å². The molecular formula is C15H21ClN4. The summed E-state index contributed by atoms with van der Waals surface area (Å²) in [7, 11) is 0. The zero-order valence-electron chi connectivity index (χ0n) is 12.0. The highest BCUT2D eigenvalue weighted by molar-refractivity contribution is 6.31. The Labute approximate surface area is 125 Å². The van der Waals surface area contributed by atoms with E-state index in [0.717, 1.165) is 37.2 Å². The molecule has 20 heavy (non-hydrogen) atoms. The lowest BCUT2D eigenvalue weighted by Gasteiger charge is -2.21. The van der Waals surface area contributed by atoms with Gasteiger partial charge in [0.1, 0.15) is 0 Å². The summed E-state index contributed by atoms with van der Waals surface area (Å²) >= 11 is 6.37. The molecule has 108 valence electrons. The largest absolute Gasteiger partial charge is 0.305 e. The molecule has 0 amide bonds. The van der Waals surface area contributed by atoms with Crippen molar-refractivity contribution < 1.29 is 0 Å². The van der Waals surface area contributed by atoms with Crippen LogP contribution in [-0.2, 0) is 6.54 Å². The third-order valence-electron chi connectivity index (χ3n) is 3.18. The summed E-state index contributed by atoms with van der Waals surface area (Å²) in [6.07, 6.45) is 7.45. The van der Waals surface area contributed by atoms with Crippen molar-refractivity contribution in [2.45, 2.75) is 39.3 Å². The van der Waals surface area contributed by atoms with Gasteiger partial charge < -0.3 is 5.32 Å². The Bertz CT molecular complexity index is 524. The van der Waals surface area contributed by atoms with Gasteiger partial charge in [-0.2, -0.15) is 5.10 Å². The first-order chi connectivity index (χ1) is 9.77. The summed E-state index contributed by atoms with van der Waals surface area (Å²) in [6.45, 7) is 6.10. The second-order valence-corrected chi connectivity index (χ2v) is 5.18. The van der Waals surface area contributed by atoms with Gasteiger partial charge in [-0.1, -0.05) is 25.4 Å². The predicted molar refractivity (Wildman–Crippen MR) is 81.9 cm³/mol. The fourth-order valence-corrected chi connectivity index (χ4v) is 2.52. The van der Waals surface area contributed by atoms with Crippen molar-refractivity contribution in [3.63, 3.8) is 0 Å². The van der Waals surface area contributed by atoms with Crippen LogP contribution in [0.3, 0.4) is 0 Å². The molecule has 5 heteroatoms. The second-order valence-electron chi connectivity index (χ2n) is 4.77. The van der Waals surface area contributed by atoms with E-state index in [1.807, 2.05) is 29.2 Å². The van der Waals surface area contributed by atoms with Gasteiger partial charge in [0.05, 0.1) is 23.0 Å². The smallest absolute Gasteiger partial charge is 0.0837 e. The average molecular weight is 293 g/mol. The zero-order valence-corrected chi connectivity index (χ0v) is 12.8. The molecule has 0 saturated carbocycles. The minimum Gasteiger partial charge on any atom is -0.305 e. The van der Waals surface area contributed by atoms with E-state index in [1.54, 1.807) is 6.20 Å². The molecule has 2 heterocycles. The quantitative estimate of drug-likeness (QED) is 0.850. The SMILES string of the molecule is CCCNC(c1ccncc1)c1c(Cl)cnn1CCC. The van der Waals surface area contributed by atoms with Crippen molar-refractivity contribution in [2.24, 2.45) is 0 Å². The van der Waals surface area contributed by atoms with Crippen LogP contribution < -0.4 is 5.32 Å². The summed E-state index contributed by atoms with van der Waals surface area (Å²) in [5.41, 5.74) is 2.20. The second kappa shape index (κ2) is 7.41. The normalized spacial score (nSPS) is 12.6. The number of nitrogens with one attached hydrogen (secondary N) is 1. The molecule has 0 saturated heterocycles. The lowest BCUT2D eigenvalue weighted by Crippen LogP contribution is -2.26. The van der Waals surface area contributed by atoms with Crippen LogP contribution in [0.1, 0.15) is 44.0 Å². The topological polar surface area (TPSA) is 42.7 Å². The van der Waals surface area contributed by atoms with E-state index in [2.05, 4.69) is 29.2 Å². The van der Waals surface area contributed by atoms with Gasteiger partial charge in [-0.05, 0) is 37.1 Å². The summed E-state index contributed by atoms with van der Waals surface area (Å²) in [5, 5.41) is 8.66. The number of nitrogens with zero attached hydrogens (tertiary/aromatic N) is 3. The third kappa shape index (κ3) is 3.38. The van der Waals surface area contributed by atoms with E-state index >= 15 is 0 Å². The highest BCUT2D eigenvalue weighted by atomic mass is 35.5. The predicted octanol–water partition coefficient (Wildman–Crippen LogP) is 3.43. The van der Waals surface area contributed by atoms with Crippen LogP contribution in [0.25, 0.3) is 0 Å². The Kier molecular flexibility index (Phi) is 5.56. The fourth-order valence-electron chi connectivity index (χ4n) is 2.27. The molecular weight excluding hydrogens is 272 g/mol. The number of hydrogen-bond donors (Lipinski definition) is 1. The molecule has 0 aliphatic heterocycles. The Morgan fingerprint density at radius 1 is 1.25 bits per heavy atom. The van der Waals surface area contributed by atoms with Crippen molar-refractivity contribution in [1.82, 2.24) is 20.1 Å². The monoisotopic (exact) mass is 292 g/mol. The molecule has 0 bridgehead atoms. The number of halogens is 1. The fraction of sp³-hybridized carbons (Fsp3) is 0.467. The molecule has 4 nitrogen and oxygen atoms in total. The van der Waals surface area contributed by atoms with Gasteiger partial charge in [0.2, 0.25) is 0 Å². The number of pyridine rings is 1. The van der Waals surface area contributed by atoms with Gasteiger partial charge in [-0.25, -0.2) is 0 Å². The van der Waals surface area contributed by atoms with Crippen molar-refractivity contribution in [3.8, 4) is 0 Å². The lowest BCUT2D eigenvalue weighted by molar-refractivity contribution is 0.511. The van der Waals surface area contributed by atoms with Gasteiger partial charge in [0, 0.05) is 18.9 Å². The van der Waals surface area contributed by atoms with Crippen LogP contribution in [0.2, 0.25) is 5.02 Å². The first-order valence-electron chi connectivity index (χ1n) is 7.12. The first kappa shape index (κ1) is 15.0. The van der Waals surface area contributed by atoms with Crippen LogP contribution in [0.5, 0.6) is 0 Å². The Morgan fingerprint density at radius 3 is 2.65 bits per heavy atom. The Balaban J connectivity index is 2.38. The summed E-state index contributed by atoms with van der Waals surface area (Å²) in [5.74, 6) is 0. The van der Waals surface area contributed by atoms with Gasteiger partial charge in [-0.3, -0.25) is 9.67 Å². The van der Waals surface area contributed by atoms with Crippen molar-refractivity contribution in [1.29, 1.82) is 0 Å². The van der Waals surface area contributed by atoms with Crippen LogP contribution in [0.15, 0.2) is 30.7 Å². The van der Waals surface area contributed by atoms with E-state index in [0.29, 0.717) is 5.02 Å². The van der Waals surface area contributed by atoms with Crippen molar-refractivity contribution in [3.05, 3.63) is 47.0 Å². The minimum absolute atomic E-state index is 0.0551. The lowest BCUT2D eigenvalue weighted by atomic mass is 10.0. The number of aryl methyl sites for hydroxylation is 1. The molecule has 1 unspecified atom stereocenters. The maximum Gasteiger partial charge on any atom is 0.0837 e. The van der Waals surface area contributed by atoms with E-state index in [9.17, 15) is 0 Å². The Hall–Kier alpha value is -1.39. The number of hydrogen-bond acceptors (Lipinski definition) is 3. The van der Waals surface area contributed by atoms with E-state index in [1.165, 1.54) is 0 Å². The Morgan fingerprint density at radius 2 is 2.00 bits per heavy atom. The standard InChI is InChI=1S/C15H21ClN4/c1-3-7-18-14(12-5-8-17-9-6-12)15-13(16)11-19-20(15)10-4-2/h5-6,8-9,11,14,18H,3-4,7,10H2,1-2H3. The maximum absolute atomic E-state index is 6.37.